The van der Waals surface area contributed by atoms with Gasteiger partial charge in [-0.3, -0.25) is 14.5 Å². The molecule has 2 aliphatic rings. The van der Waals surface area contributed by atoms with Crippen LogP contribution in [0.1, 0.15) is 44.2 Å². The molecule has 0 spiro atoms. The second-order valence-electron chi connectivity index (χ2n) is 7.16. The normalized spacial score (nSPS) is 23.2. The Balaban J connectivity index is 1.82. The number of hydrogen-bond donors (Lipinski definition) is 1. The van der Waals surface area contributed by atoms with Crippen LogP contribution in [0.4, 0.5) is 4.39 Å². The van der Waals surface area contributed by atoms with E-state index in [2.05, 4.69) is 12.6 Å². The number of thiol groups is 1. The molecule has 1 heterocycles. The lowest BCUT2D eigenvalue weighted by molar-refractivity contribution is -0.142. The van der Waals surface area contributed by atoms with Crippen LogP contribution in [0.25, 0.3) is 0 Å². The van der Waals surface area contributed by atoms with Gasteiger partial charge in [0.25, 0.3) is 0 Å². The second kappa shape index (κ2) is 9.02. The zero-order chi connectivity index (χ0) is 19.4. The minimum absolute atomic E-state index is 0.0352. The summed E-state index contributed by atoms with van der Waals surface area (Å²) in [5, 5.41) is 0.0352. The molecule has 3 rings (SSSR count). The first-order valence-electron chi connectivity index (χ1n) is 9.56. The van der Waals surface area contributed by atoms with Gasteiger partial charge in [-0.2, -0.15) is 12.6 Å². The van der Waals surface area contributed by atoms with Crippen molar-refractivity contribution in [3.8, 4) is 0 Å². The van der Waals surface area contributed by atoms with Crippen LogP contribution < -0.4 is 0 Å². The molecule has 6 heteroatoms. The van der Waals surface area contributed by atoms with Crippen molar-refractivity contribution in [1.82, 2.24) is 4.90 Å². The second-order valence-corrected chi connectivity index (χ2v) is 7.79. The fourth-order valence-electron chi connectivity index (χ4n) is 3.57. The number of ketones is 1. The third-order valence-corrected chi connectivity index (χ3v) is 5.74. The van der Waals surface area contributed by atoms with Crippen molar-refractivity contribution >= 4 is 24.4 Å². The predicted molar refractivity (Wildman–Crippen MR) is 105 cm³/mol. The van der Waals surface area contributed by atoms with Gasteiger partial charge in [0, 0.05) is 29.8 Å². The van der Waals surface area contributed by atoms with Gasteiger partial charge in [-0.15, -0.1) is 0 Å². The smallest absolute Gasteiger partial charge is 0.309 e. The van der Waals surface area contributed by atoms with E-state index in [1.165, 1.54) is 6.07 Å². The maximum atomic E-state index is 14.5. The molecule has 27 heavy (non-hydrogen) atoms. The molecule has 0 N–H and O–H groups in total. The lowest BCUT2D eigenvalue weighted by Crippen LogP contribution is -2.42. The van der Waals surface area contributed by atoms with Crippen LogP contribution in [-0.2, 0) is 14.3 Å². The largest absolute Gasteiger partial charge is 0.466 e. The zero-order valence-electron chi connectivity index (χ0n) is 15.6. The van der Waals surface area contributed by atoms with Gasteiger partial charge in [0.1, 0.15) is 5.82 Å². The molecular weight excluding hydrogens is 365 g/mol. The maximum absolute atomic E-state index is 14.5. The molecule has 2 unspecified atom stereocenters. The number of halogens is 1. The highest BCUT2D eigenvalue weighted by atomic mass is 32.1. The summed E-state index contributed by atoms with van der Waals surface area (Å²) in [5.74, 6) is -0.485. The van der Waals surface area contributed by atoms with E-state index >= 15 is 0 Å². The molecule has 2 fully saturated rings. The van der Waals surface area contributed by atoms with Crippen LogP contribution in [-0.4, -0.2) is 41.6 Å². The maximum Gasteiger partial charge on any atom is 0.309 e. The molecule has 1 saturated carbocycles. The van der Waals surface area contributed by atoms with Gasteiger partial charge < -0.3 is 4.74 Å². The van der Waals surface area contributed by atoms with E-state index in [4.69, 9.17) is 4.74 Å². The number of piperidine rings is 1. The van der Waals surface area contributed by atoms with Crippen LogP contribution in [0.5, 0.6) is 0 Å². The van der Waals surface area contributed by atoms with Crippen LogP contribution in [0.3, 0.4) is 0 Å². The van der Waals surface area contributed by atoms with Crippen molar-refractivity contribution in [2.75, 3.05) is 19.7 Å². The lowest BCUT2D eigenvalue weighted by atomic mass is 9.93. The molecule has 0 amide bonds. The average Bonchev–Trinajstić information content (AvgIpc) is 3.49. The molecule has 0 radical (unpaired) electrons. The molecule has 0 bridgehead atoms. The van der Waals surface area contributed by atoms with E-state index in [0.29, 0.717) is 25.3 Å². The van der Waals surface area contributed by atoms with Gasteiger partial charge in [0.05, 0.1) is 19.1 Å². The Hall–Kier alpha value is -1.66. The van der Waals surface area contributed by atoms with Crippen LogP contribution in [0.15, 0.2) is 35.9 Å². The molecule has 1 aliphatic heterocycles. The number of hydrogen-bond acceptors (Lipinski definition) is 5. The minimum atomic E-state index is -0.578. The SMILES string of the molecule is CCOC(=O)CC=C1CN(C(C(=O)C2CC2)c2ccccc2F)CCC1S. The molecule has 0 aromatic heterocycles. The van der Waals surface area contributed by atoms with Crippen molar-refractivity contribution in [2.45, 2.75) is 43.9 Å². The van der Waals surface area contributed by atoms with Crippen molar-refractivity contribution in [1.29, 1.82) is 0 Å². The summed E-state index contributed by atoms with van der Waals surface area (Å²) >= 11 is 4.63. The van der Waals surface area contributed by atoms with Crippen LogP contribution in [0.2, 0.25) is 0 Å². The Morgan fingerprint density at radius 1 is 1.33 bits per heavy atom. The molecule has 1 aromatic rings. The van der Waals surface area contributed by atoms with Crippen LogP contribution in [0, 0.1) is 11.7 Å². The lowest BCUT2D eigenvalue weighted by Gasteiger charge is -2.37. The third kappa shape index (κ3) is 4.99. The highest BCUT2D eigenvalue weighted by Crippen LogP contribution is 2.39. The summed E-state index contributed by atoms with van der Waals surface area (Å²) in [5.41, 5.74) is 1.43. The molecule has 4 nitrogen and oxygen atoms in total. The average molecular weight is 392 g/mol. The Kier molecular flexibility index (Phi) is 6.71. The Labute approximate surface area is 165 Å². The number of rotatable bonds is 7. The fourth-order valence-corrected chi connectivity index (χ4v) is 3.87. The quantitative estimate of drug-likeness (QED) is 0.437. The zero-order valence-corrected chi connectivity index (χ0v) is 16.5. The minimum Gasteiger partial charge on any atom is -0.466 e. The standard InChI is InChI=1S/C21H26FNO3S/c1-2-26-19(24)10-9-15-13-23(12-11-18(15)27)20(21(25)14-7-8-14)16-5-3-4-6-17(16)22/h3-6,9,14,18,20,27H,2,7-8,10-13H2,1H3. The number of likely N-dealkylation sites (tertiary alicyclic amines) is 1. The first kappa shape index (κ1) is 20.1. The molecule has 1 aliphatic carbocycles. The Bertz CT molecular complexity index is 732. The summed E-state index contributed by atoms with van der Waals surface area (Å²) in [7, 11) is 0. The van der Waals surface area contributed by atoms with E-state index in [-0.39, 0.29) is 35.2 Å². The van der Waals surface area contributed by atoms with Crippen molar-refractivity contribution < 1.29 is 18.7 Å². The molecular formula is C21H26FNO3S. The fraction of sp³-hybridized carbons (Fsp3) is 0.524. The van der Waals surface area contributed by atoms with Gasteiger partial charge in [-0.05, 0) is 37.8 Å². The van der Waals surface area contributed by atoms with Gasteiger partial charge >= 0.3 is 5.97 Å². The van der Waals surface area contributed by atoms with Crippen molar-refractivity contribution in [3.63, 3.8) is 0 Å². The number of ether oxygens (including phenoxy) is 1. The first-order valence-corrected chi connectivity index (χ1v) is 10.1. The highest BCUT2D eigenvalue weighted by Gasteiger charge is 2.40. The third-order valence-electron chi connectivity index (χ3n) is 5.15. The summed E-state index contributed by atoms with van der Waals surface area (Å²) in [4.78, 5) is 26.7. The van der Waals surface area contributed by atoms with E-state index in [1.807, 2.05) is 11.0 Å². The molecule has 2 atom stereocenters. The van der Waals surface area contributed by atoms with Gasteiger partial charge in [-0.25, -0.2) is 4.39 Å². The number of nitrogens with zero attached hydrogens (tertiary/aromatic N) is 1. The van der Waals surface area contributed by atoms with Gasteiger partial charge in [-0.1, -0.05) is 24.3 Å². The summed E-state index contributed by atoms with van der Waals surface area (Å²) in [6, 6.07) is 5.95. The highest BCUT2D eigenvalue weighted by molar-refractivity contribution is 7.81. The summed E-state index contributed by atoms with van der Waals surface area (Å²) in [6.45, 7) is 3.30. The number of carbonyl (C=O) groups is 2. The Morgan fingerprint density at radius 2 is 2.07 bits per heavy atom. The predicted octanol–water partition coefficient (Wildman–Crippen LogP) is 3.73. The van der Waals surface area contributed by atoms with Gasteiger partial charge in [0.15, 0.2) is 5.78 Å². The molecule has 146 valence electrons. The summed E-state index contributed by atoms with van der Waals surface area (Å²) in [6.07, 6.45) is 4.56. The van der Waals surface area contributed by atoms with E-state index in [0.717, 1.165) is 24.8 Å². The number of esters is 1. The van der Waals surface area contributed by atoms with Crippen LogP contribution >= 0.6 is 12.6 Å². The summed E-state index contributed by atoms with van der Waals surface area (Å²) < 4.78 is 19.5. The van der Waals surface area contributed by atoms with E-state index in [1.54, 1.807) is 25.1 Å². The number of Topliss-reactive ketones (excluding diaryl/α,β-unsaturated/α-hetero) is 1. The van der Waals surface area contributed by atoms with Crippen molar-refractivity contribution in [3.05, 3.63) is 47.3 Å². The van der Waals surface area contributed by atoms with E-state index < -0.39 is 6.04 Å². The molecule has 1 saturated heterocycles. The first-order chi connectivity index (χ1) is 13.0. The monoisotopic (exact) mass is 391 g/mol. The topological polar surface area (TPSA) is 46.6 Å². The number of benzene rings is 1. The molecule has 1 aromatic carbocycles. The number of carbonyl (C=O) groups excluding carboxylic acids is 2. The van der Waals surface area contributed by atoms with Crippen molar-refractivity contribution in [2.24, 2.45) is 5.92 Å². The Morgan fingerprint density at radius 3 is 2.74 bits per heavy atom. The van der Waals surface area contributed by atoms with Gasteiger partial charge in [0.2, 0.25) is 0 Å². The van der Waals surface area contributed by atoms with E-state index in [9.17, 15) is 14.0 Å².